The normalized spacial score (nSPS) is 9.47. The standard InChI is InChI=1S/C10H10N2O4S/c1-16-10(15)6-4-2-3-5-7(6)17-12-9(14)8(11)13/h2-5H,1H3,(H2,11,13)(H,12,14). The first-order valence-corrected chi connectivity index (χ1v) is 5.32. The van der Waals surface area contributed by atoms with Gasteiger partial charge < -0.3 is 10.5 Å². The van der Waals surface area contributed by atoms with E-state index >= 15 is 0 Å². The highest BCUT2D eigenvalue weighted by molar-refractivity contribution is 7.98. The van der Waals surface area contributed by atoms with Crippen LogP contribution in [0, 0.1) is 0 Å². The Morgan fingerprint density at radius 3 is 2.53 bits per heavy atom. The number of carbonyl (C=O) groups excluding carboxylic acids is 3. The maximum absolute atomic E-state index is 11.4. The molecule has 0 fully saturated rings. The lowest BCUT2D eigenvalue weighted by atomic mass is 10.2. The quantitative estimate of drug-likeness (QED) is 0.452. The summed E-state index contributed by atoms with van der Waals surface area (Å²) in [6, 6.07) is 6.50. The fourth-order valence-electron chi connectivity index (χ4n) is 0.986. The Kier molecular flexibility index (Phi) is 4.53. The van der Waals surface area contributed by atoms with Crippen LogP contribution in [0.3, 0.4) is 0 Å². The third-order valence-electron chi connectivity index (χ3n) is 1.77. The van der Waals surface area contributed by atoms with Crippen LogP contribution in [-0.4, -0.2) is 24.9 Å². The molecule has 3 N–H and O–H groups in total. The van der Waals surface area contributed by atoms with Crippen LogP contribution < -0.4 is 10.5 Å². The second kappa shape index (κ2) is 5.90. The minimum atomic E-state index is -1.09. The average Bonchev–Trinajstić information content (AvgIpc) is 2.35. The van der Waals surface area contributed by atoms with E-state index < -0.39 is 17.8 Å². The summed E-state index contributed by atoms with van der Waals surface area (Å²) in [7, 11) is 1.26. The van der Waals surface area contributed by atoms with Crippen LogP contribution in [0.2, 0.25) is 0 Å². The number of nitrogens with two attached hydrogens (primary N) is 1. The van der Waals surface area contributed by atoms with Gasteiger partial charge in [-0.15, -0.1) is 0 Å². The first-order valence-electron chi connectivity index (χ1n) is 4.50. The summed E-state index contributed by atoms with van der Waals surface area (Å²) in [6.45, 7) is 0. The average molecular weight is 254 g/mol. The number of carbonyl (C=O) groups is 3. The van der Waals surface area contributed by atoms with Crippen LogP contribution in [0.5, 0.6) is 0 Å². The summed E-state index contributed by atoms with van der Waals surface area (Å²) in [5, 5.41) is 0. The maximum atomic E-state index is 11.4. The molecule has 0 atom stereocenters. The van der Waals surface area contributed by atoms with Crippen LogP contribution in [0.15, 0.2) is 29.2 Å². The fraction of sp³-hybridized carbons (Fsp3) is 0.100. The van der Waals surface area contributed by atoms with Gasteiger partial charge in [0.05, 0.1) is 12.7 Å². The van der Waals surface area contributed by atoms with E-state index in [1.54, 1.807) is 24.3 Å². The van der Waals surface area contributed by atoms with Crippen LogP contribution in [0.1, 0.15) is 10.4 Å². The molecule has 2 amide bonds. The summed E-state index contributed by atoms with van der Waals surface area (Å²) in [4.78, 5) is 33.3. The van der Waals surface area contributed by atoms with E-state index in [2.05, 4.69) is 9.46 Å². The van der Waals surface area contributed by atoms with E-state index in [0.717, 1.165) is 11.9 Å². The lowest BCUT2D eigenvalue weighted by Crippen LogP contribution is -2.32. The van der Waals surface area contributed by atoms with Crippen molar-refractivity contribution in [3.05, 3.63) is 29.8 Å². The number of hydrogen-bond donors (Lipinski definition) is 2. The Labute approximate surface area is 102 Å². The Balaban J connectivity index is 2.81. The number of rotatable bonds is 3. The Bertz CT molecular complexity index is 461. The van der Waals surface area contributed by atoms with Gasteiger partial charge in [0.15, 0.2) is 0 Å². The second-order valence-corrected chi connectivity index (χ2v) is 3.73. The minimum absolute atomic E-state index is 0.296. The zero-order valence-corrected chi connectivity index (χ0v) is 9.74. The lowest BCUT2D eigenvalue weighted by molar-refractivity contribution is -0.136. The molecule has 0 aliphatic rings. The second-order valence-electron chi connectivity index (χ2n) is 2.89. The number of benzene rings is 1. The van der Waals surface area contributed by atoms with Crippen molar-refractivity contribution >= 4 is 29.7 Å². The molecule has 1 aromatic rings. The van der Waals surface area contributed by atoms with E-state index in [0.29, 0.717) is 10.5 Å². The molecule has 17 heavy (non-hydrogen) atoms. The van der Waals surface area contributed by atoms with Crippen molar-refractivity contribution in [2.24, 2.45) is 5.73 Å². The molecule has 1 rings (SSSR count). The molecule has 0 heterocycles. The van der Waals surface area contributed by atoms with Crippen molar-refractivity contribution in [2.45, 2.75) is 4.90 Å². The van der Waals surface area contributed by atoms with Crippen molar-refractivity contribution in [1.82, 2.24) is 4.72 Å². The number of ether oxygens (including phenoxy) is 1. The number of amides is 2. The maximum Gasteiger partial charge on any atom is 0.339 e. The SMILES string of the molecule is COC(=O)c1ccccc1SNC(=O)C(N)=O. The molecule has 0 saturated heterocycles. The van der Waals surface area contributed by atoms with E-state index in [1.165, 1.54) is 7.11 Å². The molecule has 0 bridgehead atoms. The first-order chi connectivity index (χ1) is 8.06. The number of esters is 1. The lowest BCUT2D eigenvalue weighted by Gasteiger charge is -2.06. The molecular formula is C10H10N2O4S. The predicted molar refractivity (Wildman–Crippen MR) is 61.0 cm³/mol. The van der Waals surface area contributed by atoms with Crippen molar-refractivity contribution in [3.8, 4) is 0 Å². The Morgan fingerprint density at radius 1 is 1.29 bits per heavy atom. The van der Waals surface area contributed by atoms with Gasteiger partial charge in [0.2, 0.25) is 0 Å². The molecule has 0 aromatic heterocycles. The van der Waals surface area contributed by atoms with Gasteiger partial charge in [0, 0.05) is 4.90 Å². The van der Waals surface area contributed by atoms with Crippen LogP contribution >= 0.6 is 11.9 Å². The van der Waals surface area contributed by atoms with Crippen LogP contribution in [0.25, 0.3) is 0 Å². The third-order valence-corrected chi connectivity index (χ3v) is 2.63. The Morgan fingerprint density at radius 2 is 1.94 bits per heavy atom. The fourth-order valence-corrected chi connectivity index (χ4v) is 1.70. The molecule has 6 nitrogen and oxygen atoms in total. The van der Waals surface area contributed by atoms with Crippen LogP contribution in [0.4, 0.5) is 0 Å². The van der Waals surface area contributed by atoms with Gasteiger partial charge in [-0.25, -0.2) is 4.79 Å². The number of hydrogen-bond acceptors (Lipinski definition) is 5. The molecule has 0 aliphatic carbocycles. The summed E-state index contributed by atoms with van der Waals surface area (Å²) in [5.74, 6) is -2.55. The molecule has 0 saturated carbocycles. The monoisotopic (exact) mass is 254 g/mol. The van der Waals surface area contributed by atoms with E-state index in [1.807, 2.05) is 0 Å². The van der Waals surface area contributed by atoms with Gasteiger partial charge in [0.1, 0.15) is 0 Å². The van der Waals surface area contributed by atoms with Crippen molar-refractivity contribution in [3.63, 3.8) is 0 Å². The topological polar surface area (TPSA) is 98.5 Å². The number of primary amides is 1. The molecular weight excluding hydrogens is 244 g/mol. The van der Waals surface area contributed by atoms with Gasteiger partial charge in [0.25, 0.3) is 0 Å². The highest BCUT2D eigenvalue weighted by atomic mass is 32.2. The molecule has 0 radical (unpaired) electrons. The highest BCUT2D eigenvalue weighted by Gasteiger charge is 2.14. The molecule has 0 aliphatic heterocycles. The first kappa shape index (κ1) is 13.0. The van der Waals surface area contributed by atoms with E-state index in [-0.39, 0.29) is 0 Å². The van der Waals surface area contributed by atoms with Crippen molar-refractivity contribution < 1.29 is 19.1 Å². The molecule has 7 heteroatoms. The summed E-state index contributed by atoms with van der Waals surface area (Å²) in [6.07, 6.45) is 0. The molecule has 90 valence electrons. The van der Waals surface area contributed by atoms with Crippen LogP contribution in [-0.2, 0) is 14.3 Å². The summed E-state index contributed by atoms with van der Waals surface area (Å²) in [5.41, 5.74) is 5.06. The summed E-state index contributed by atoms with van der Waals surface area (Å²) < 4.78 is 6.79. The van der Waals surface area contributed by atoms with Gasteiger partial charge >= 0.3 is 17.8 Å². The zero-order chi connectivity index (χ0) is 12.8. The van der Waals surface area contributed by atoms with Gasteiger partial charge in [-0.05, 0) is 24.1 Å². The Hall–Kier alpha value is -2.02. The van der Waals surface area contributed by atoms with E-state index in [4.69, 9.17) is 5.73 Å². The third kappa shape index (κ3) is 3.49. The van der Waals surface area contributed by atoms with Crippen molar-refractivity contribution in [2.75, 3.05) is 7.11 Å². The van der Waals surface area contributed by atoms with Gasteiger partial charge in [-0.2, -0.15) is 0 Å². The van der Waals surface area contributed by atoms with Gasteiger partial charge in [-0.1, -0.05) is 12.1 Å². The van der Waals surface area contributed by atoms with E-state index in [9.17, 15) is 14.4 Å². The molecule has 1 aromatic carbocycles. The molecule has 0 unspecified atom stereocenters. The smallest absolute Gasteiger partial charge is 0.339 e. The number of nitrogens with one attached hydrogen (secondary N) is 1. The zero-order valence-electron chi connectivity index (χ0n) is 8.93. The predicted octanol–water partition coefficient (Wildman–Crippen LogP) is 0.0818. The number of methoxy groups -OCH3 is 1. The summed E-state index contributed by atoms with van der Waals surface area (Å²) >= 11 is 0.826. The largest absolute Gasteiger partial charge is 0.465 e. The van der Waals surface area contributed by atoms with Gasteiger partial charge in [-0.3, -0.25) is 14.3 Å². The van der Waals surface area contributed by atoms with Crippen molar-refractivity contribution in [1.29, 1.82) is 0 Å². The highest BCUT2D eigenvalue weighted by Crippen LogP contribution is 2.20. The molecule has 0 spiro atoms. The minimum Gasteiger partial charge on any atom is -0.465 e.